The van der Waals surface area contributed by atoms with Crippen molar-refractivity contribution in [2.75, 3.05) is 4.67 Å². The fraction of sp³-hybridized carbons (Fsp3) is 1.00. The summed E-state index contributed by atoms with van der Waals surface area (Å²) < 4.78 is 0.651. The molecular formula is CH2AsCl2. The molecule has 0 aliphatic rings. The number of hydrogen-bond donors (Lipinski definition) is 0. The third-order valence-corrected chi connectivity index (χ3v) is 2.11. The van der Waals surface area contributed by atoms with Gasteiger partial charge in [0.1, 0.15) is 0 Å². The zero-order chi connectivity index (χ0) is 3.41. The van der Waals surface area contributed by atoms with Crippen LogP contribution < -0.4 is 0 Å². The molecule has 0 heterocycles. The molecule has 25 valence electrons. The van der Waals surface area contributed by atoms with Gasteiger partial charge in [0, 0.05) is 0 Å². The summed E-state index contributed by atoms with van der Waals surface area (Å²) in [5.74, 6) is 0. The quantitative estimate of drug-likeness (QED) is 0.397. The second kappa shape index (κ2) is 4.14. The zero-order valence-electron chi connectivity index (χ0n) is 1.91. The molecule has 0 N–H and O–H groups in total. The van der Waals surface area contributed by atoms with Gasteiger partial charge in [-0.2, -0.15) is 0 Å². The number of hydrogen-bond acceptors (Lipinski definition) is 0. The first-order valence-corrected chi connectivity index (χ1v) is 5.08. The molecule has 0 saturated heterocycles. The topological polar surface area (TPSA) is 0 Å². The molecule has 3 heteroatoms. The second-order valence-corrected chi connectivity index (χ2v) is 3.73. The summed E-state index contributed by atoms with van der Waals surface area (Å²) in [7, 11) is 5.15. The van der Waals surface area contributed by atoms with E-state index in [0.717, 1.165) is 0 Å². The Balaban J connectivity index is 1.97. The van der Waals surface area contributed by atoms with E-state index in [1.165, 1.54) is 0 Å². The fourth-order valence-electron chi connectivity index (χ4n) is 0. The molecule has 0 bridgehead atoms. The molecule has 0 nitrogen and oxygen atoms in total. The molecule has 0 spiro atoms. The van der Waals surface area contributed by atoms with E-state index in [2.05, 4.69) is 0 Å². The Bertz CT molecular complexity index is 8.00. The van der Waals surface area contributed by atoms with Gasteiger partial charge in [0.2, 0.25) is 0 Å². The molecule has 0 aromatic heterocycles. The predicted octanol–water partition coefficient (Wildman–Crippen LogP) is 1.04. The van der Waals surface area contributed by atoms with E-state index in [0.29, 0.717) is 4.67 Å². The van der Waals surface area contributed by atoms with Gasteiger partial charge in [-0.05, 0) is 0 Å². The molecule has 4 heavy (non-hydrogen) atoms. The van der Waals surface area contributed by atoms with Crippen molar-refractivity contribution in [1.82, 2.24) is 0 Å². The van der Waals surface area contributed by atoms with Gasteiger partial charge in [-0.25, -0.2) is 0 Å². The molecule has 0 aromatic rings. The average molecular weight is 160 g/mol. The van der Waals surface area contributed by atoms with Gasteiger partial charge in [0.25, 0.3) is 0 Å². The van der Waals surface area contributed by atoms with Crippen molar-refractivity contribution in [2.24, 2.45) is 0 Å². The fourth-order valence-corrected chi connectivity index (χ4v) is 0. The number of halogens is 2. The summed E-state index contributed by atoms with van der Waals surface area (Å²) in [5, 5.41) is 0. The van der Waals surface area contributed by atoms with Crippen LogP contribution in [0.5, 0.6) is 0 Å². The number of rotatable bonds is 1. The van der Waals surface area contributed by atoms with E-state index in [-0.39, 0.29) is 14.8 Å². The zero-order valence-corrected chi connectivity index (χ0v) is 5.30. The van der Waals surface area contributed by atoms with E-state index < -0.39 is 0 Å². The maximum atomic E-state index is 5.15. The Morgan fingerprint density at radius 1 is 1.75 bits per heavy atom. The molecule has 0 aliphatic heterocycles. The van der Waals surface area contributed by atoms with Crippen molar-refractivity contribution in [3.8, 4) is 0 Å². The minimum absolute atomic E-state index is 0.0471. The third-order valence-electron chi connectivity index (χ3n) is 0.0452. The Labute approximate surface area is 41.3 Å². The average Bonchev–Trinajstić information content (AvgIpc) is 1.37. The Morgan fingerprint density at radius 3 is 2.00 bits per heavy atom. The Hall–Kier alpha value is 1.14. The summed E-state index contributed by atoms with van der Waals surface area (Å²) >= 11 is 5.05. The molecule has 0 unspecified atom stereocenters. The second-order valence-electron chi connectivity index (χ2n) is 0.239. The van der Waals surface area contributed by atoms with Gasteiger partial charge >= 0.3 is 41.0 Å². The van der Waals surface area contributed by atoms with Gasteiger partial charge in [0.15, 0.2) is 0 Å². The van der Waals surface area contributed by atoms with Crippen molar-refractivity contribution < 1.29 is 0 Å². The SMILES string of the molecule is ClC[As]Cl. The van der Waals surface area contributed by atoms with Gasteiger partial charge in [-0.1, -0.05) is 0 Å². The van der Waals surface area contributed by atoms with Gasteiger partial charge in [0.05, 0.1) is 0 Å². The van der Waals surface area contributed by atoms with Gasteiger partial charge in [-0.15, -0.1) is 0 Å². The van der Waals surface area contributed by atoms with Crippen LogP contribution in [-0.2, 0) is 0 Å². The van der Waals surface area contributed by atoms with Crippen LogP contribution in [-0.4, -0.2) is 19.5 Å². The Kier molecular flexibility index (Phi) is 5.32. The summed E-state index contributed by atoms with van der Waals surface area (Å²) in [4.78, 5) is 0. The summed E-state index contributed by atoms with van der Waals surface area (Å²) in [6.45, 7) is 0. The molecule has 0 fully saturated rings. The molecular weight excluding hydrogens is 158 g/mol. The van der Waals surface area contributed by atoms with Crippen molar-refractivity contribution in [3.63, 3.8) is 0 Å². The standard InChI is InChI=1S/CH2AsCl2/c3-1-2-4/h1H2. The summed E-state index contributed by atoms with van der Waals surface area (Å²) in [5.41, 5.74) is 0. The first-order valence-electron chi connectivity index (χ1n) is 0.753. The minimum atomic E-state index is -0.0471. The third kappa shape index (κ3) is 3.14. The van der Waals surface area contributed by atoms with Crippen molar-refractivity contribution in [3.05, 3.63) is 0 Å². The van der Waals surface area contributed by atoms with Crippen molar-refractivity contribution >= 4 is 36.4 Å². The monoisotopic (exact) mass is 159 g/mol. The molecule has 0 rings (SSSR count). The molecule has 0 saturated carbocycles. The van der Waals surface area contributed by atoms with Crippen LogP contribution in [0.2, 0.25) is 0 Å². The van der Waals surface area contributed by atoms with E-state index in [9.17, 15) is 0 Å². The molecule has 0 aliphatic carbocycles. The van der Waals surface area contributed by atoms with Crippen LogP contribution in [0.4, 0.5) is 0 Å². The van der Waals surface area contributed by atoms with Gasteiger partial charge < -0.3 is 0 Å². The van der Waals surface area contributed by atoms with Crippen LogP contribution in [0.3, 0.4) is 0 Å². The summed E-state index contributed by atoms with van der Waals surface area (Å²) in [6.07, 6.45) is 0. The first kappa shape index (κ1) is 5.14. The molecule has 1 radical (unpaired) electrons. The maximum absolute atomic E-state index is 5.15. The van der Waals surface area contributed by atoms with Crippen LogP contribution >= 0.6 is 21.6 Å². The van der Waals surface area contributed by atoms with Crippen LogP contribution in [0.1, 0.15) is 0 Å². The van der Waals surface area contributed by atoms with Crippen LogP contribution in [0.25, 0.3) is 0 Å². The normalized spacial score (nSPS) is 10.5. The van der Waals surface area contributed by atoms with E-state index in [4.69, 9.17) is 21.6 Å². The van der Waals surface area contributed by atoms with Gasteiger partial charge in [-0.3, -0.25) is 0 Å². The predicted molar refractivity (Wildman–Crippen MR) is 22.3 cm³/mol. The first-order chi connectivity index (χ1) is 1.91. The number of alkyl halides is 1. The molecule has 0 aromatic carbocycles. The summed E-state index contributed by atoms with van der Waals surface area (Å²) in [6, 6.07) is 0. The molecule has 0 amide bonds. The molecule has 0 atom stereocenters. The van der Waals surface area contributed by atoms with Crippen molar-refractivity contribution in [2.45, 2.75) is 0 Å². The van der Waals surface area contributed by atoms with Crippen LogP contribution in [0.15, 0.2) is 0 Å². The van der Waals surface area contributed by atoms with Crippen LogP contribution in [0, 0.1) is 0 Å². The Morgan fingerprint density at radius 2 is 2.00 bits per heavy atom. The van der Waals surface area contributed by atoms with E-state index in [1.807, 2.05) is 0 Å². The van der Waals surface area contributed by atoms with E-state index in [1.54, 1.807) is 0 Å². The van der Waals surface area contributed by atoms with E-state index >= 15 is 0 Å². The van der Waals surface area contributed by atoms with Crippen molar-refractivity contribution in [1.29, 1.82) is 0 Å².